The Kier molecular flexibility index (Phi) is 7.26. The summed E-state index contributed by atoms with van der Waals surface area (Å²) in [5.41, 5.74) is -4.42. The number of carbonyl (C=O) groups is 1. The highest BCUT2D eigenvalue weighted by Crippen LogP contribution is 2.50. The van der Waals surface area contributed by atoms with E-state index in [4.69, 9.17) is 33.0 Å². The first-order valence-corrected chi connectivity index (χ1v) is 10.9. The second-order valence-electron chi connectivity index (χ2n) is 8.05. The summed E-state index contributed by atoms with van der Waals surface area (Å²) >= 11 is 12.2. The van der Waals surface area contributed by atoms with E-state index >= 15 is 0 Å². The van der Waals surface area contributed by atoms with E-state index in [0.717, 1.165) is 16.8 Å². The van der Waals surface area contributed by atoms with Gasteiger partial charge in [-0.05, 0) is 42.8 Å². The van der Waals surface area contributed by atoms with Crippen LogP contribution in [-0.2, 0) is 12.6 Å². The topological polar surface area (TPSA) is 88.8 Å². The predicted molar refractivity (Wildman–Crippen MR) is 125 cm³/mol. The Hall–Kier alpha value is -3.01. The third kappa shape index (κ3) is 5.03. The number of nitrogens with zero attached hydrogens (tertiary/aromatic N) is 1. The molecule has 0 spiro atoms. The zero-order valence-corrected chi connectivity index (χ0v) is 20.2. The van der Waals surface area contributed by atoms with Crippen LogP contribution in [0, 0.1) is 6.92 Å². The number of benzene rings is 2. The molecule has 2 atom stereocenters. The van der Waals surface area contributed by atoms with Gasteiger partial charge in [0.2, 0.25) is 0 Å². The van der Waals surface area contributed by atoms with Crippen LogP contribution in [0.15, 0.2) is 53.5 Å². The van der Waals surface area contributed by atoms with E-state index in [1.54, 1.807) is 0 Å². The number of aromatic carboxylic acids is 1. The minimum absolute atomic E-state index is 0.00962. The van der Waals surface area contributed by atoms with Crippen LogP contribution in [0.4, 0.5) is 13.2 Å². The van der Waals surface area contributed by atoms with E-state index in [1.165, 1.54) is 57.3 Å². The van der Waals surface area contributed by atoms with Crippen molar-refractivity contribution in [2.75, 3.05) is 0 Å². The summed E-state index contributed by atoms with van der Waals surface area (Å²) in [6.07, 6.45) is -4.15. The van der Waals surface area contributed by atoms with Crippen molar-refractivity contribution in [2.45, 2.75) is 31.5 Å². The third-order valence-electron chi connectivity index (χ3n) is 5.71. The second kappa shape index (κ2) is 9.56. The first-order valence-electron chi connectivity index (χ1n) is 10.1. The number of pyridine rings is 1. The lowest BCUT2D eigenvalue weighted by Crippen LogP contribution is -2.47. The summed E-state index contributed by atoms with van der Waals surface area (Å²) in [4.78, 5) is 23.1. The van der Waals surface area contributed by atoms with Crippen molar-refractivity contribution in [1.29, 1.82) is 0 Å². The van der Waals surface area contributed by atoms with E-state index in [2.05, 4.69) is 0 Å². The number of halogens is 5. The molecule has 1 heterocycles. The first-order chi connectivity index (χ1) is 16.2. The highest BCUT2D eigenvalue weighted by molar-refractivity contribution is 6.33. The van der Waals surface area contributed by atoms with Crippen molar-refractivity contribution in [3.8, 4) is 11.5 Å². The molecule has 35 heavy (non-hydrogen) atoms. The van der Waals surface area contributed by atoms with Gasteiger partial charge in [0.1, 0.15) is 11.5 Å². The zero-order valence-electron chi connectivity index (χ0n) is 18.7. The van der Waals surface area contributed by atoms with Crippen molar-refractivity contribution < 1.29 is 32.9 Å². The van der Waals surface area contributed by atoms with E-state index in [9.17, 15) is 27.9 Å². The molecule has 0 aliphatic heterocycles. The van der Waals surface area contributed by atoms with E-state index in [0.29, 0.717) is 0 Å². The lowest BCUT2D eigenvalue weighted by Gasteiger charge is -2.37. The summed E-state index contributed by atoms with van der Waals surface area (Å²) in [5.74, 6) is -2.44. The van der Waals surface area contributed by atoms with Gasteiger partial charge in [-0.3, -0.25) is 4.79 Å². The van der Waals surface area contributed by atoms with Crippen molar-refractivity contribution in [3.05, 3.63) is 91.3 Å². The predicted octanol–water partition coefficient (Wildman–Crippen LogP) is 6.04. The summed E-state index contributed by atoms with van der Waals surface area (Å²) < 4.78 is 49.4. The molecule has 0 aliphatic carbocycles. The maximum atomic E-state index is 14.3. The van der Waals surface area contributed by atoms with Gasteiger partial charge < -0.3 is 19.5 Å². The zero-order chi connectivity index (χ0) is 26.3. The molecule has 3 aromatic rings. The van der Waals surface area contributed by atoms with Gasteiger partial charge in [0, 0.05) is 41.4 Å². The van der Waals surface area contributed by atoms with Gasteiger partial charge >= 0.3 is 12.1 Å². The molecule has 11 heteroatoms. The average molecular weight is 530 g/mol. The number of aliphatic hydroxyl groups is 1. The minimum Gasteiger partial charge on any atom is -0.478 e. The standard InChI is InChI=1S/C24H20Cl2F3NO5/c1-12-8-14(11-30(3)21(12)31)23(34,24(27,28)29)13(2)17-6-4-15(9-19(17)25)35-16-5-7-18(22(32)33)20(26)10-16/h4-11,13,34H,1-3H3,(H,32,33). The molecular formula is C24H20Cl2F3NO5. The Bertz CT molecular complexity index is 1330. The Morgan fingerprint density at radius 2 is 1.63 bits per heavy atom. The molecule has 1 aromatic heterocycles. The van der Waals surface area contributed by atoms with Crippen LogP contribution in [-0.4, -0.2) is 26.9 Å². The number of aromatic nitrogens is 1. The monoisotopic (exact) mass is 529 g/mol. The number of ether oxygens (including phenoxy) is 1. The van der Waals surface area contributed by atoms with Gasteiger partial charge in [-0.2, -0.15) is 13.2 Å². The molecule has 0 aliphatic rings. The fourth-order valence-corrected chi connectivity index (χ4v) is 4.35. The lowest BCUT2D eigenvalue weighted by atomic mass is 9.78. The van der Waals surface area contributed by atoms with Crippen LogP contribution in [0.1, 0.15) is 39.9 Å². The van der Waals surface area contributed by atoms with Crippen molar-refractivity contribution >= 4 is 29.2 Å². The Labute approximate surface area is 208 Å². The van der Waals surface area contributed by atoms with E-state index < -0.39 is 34.8 Å². The number of hydrogen-bond donors (Lipinski definition) is 2. The van der Waals surface area contributed by atoms with Crippen LogP contribution < -0.4 is 10.3 Å². The molecule has 0 saturated carbocycles. The summed E-state index contributed by atoms with van der Waals surface area (Å²) in [7, 11) is 1.30. The van der Waals surface area contributed by atoms with Crippen LogP contribution in [0.5, 0.6) is 11.5 Å². The van der Waals surface area contributed by atoms with Gasteiger partial charge in [-0.1, -0.05) is 36.2 Å². The first kappa shape index (κ1) is 26.6. The lowest BCUT2D eigenvalue weighted by molar-refractivity contribution is -0.274. The quantitative estimate of drug-likeness (QED) is 0.406. The number of aryl methyl sites for hydroxylation is 2. The van der Waals surface area contributed by atoms with Gasteiger partial charge in [-0.15, -0.1) is 0 Å². The molecule has 0 amide bonds. The normalized spacial score (nSPS) is 14.3. The van der Waals surface area contributed by atoms with Crippen molar-refractivity contribution in [3.63, 3.8) is 0 Å². The number of rotatable bonds is 6. The van der Waals surface area contributed by atoms with Crippen LogP contribution >= 0.6 is 23.2 Å². The minimum atomic E-state index is -5.10. The Morgan fingerprint density at radius 1 is 1.06 bits per heavy atom. The molecule has 2 unspecified atom stereocenters. The smallest absolute Gasteiger partial charge is 0.422 e. The largest absolute Gasteiger partial charge is 0.478 e. The molecule has 0 bridgehead atoms. The molecule has 0 fully saturated rings. The molecule has 0 radical (unpaired) electrons. The number of hydrogen-bond acceptors (Lipinski definition) is 4. The van der Waals surface area contributed by atoms with Crippen LogP contribution in [0.3, 0.4) is 0 Å². The Balaban J connectivity index is 2.00. The van der Waals surface area contributed by atoms with Gasteiger partial charge in [0.25, 0.3) is 5.56 Å². The highest BCUT2D eigenvalue weighted by Gasteiger charge is 2.59. The van der Waals surface area contributed by atoms with Crippen LogP contribution in [0.2, 0.25) is 10.0 Å². The molecule has 2 N–H and O–H groups in total. The maximum absolute atomic E-state index is 14.3. The average Bonchev–Trinajstić information content (AvgIpc) is 2.75. The van der Waals surface area contributed by atoms with Gasteiger partial charge in [-0.25, -0.2) is 4.79 Å². The summed E-state index contributed by atoms with van der Waals surface area (Å²) in [6, 6.07) is 8.83. The highest BCUT2D eigenvalue weighted by atomic mass is 35.5. The fraction of sp³-hybridized carbons (Fsp3) is 0.250. The number of carboxylic acid groups (broad SMARTS) is 1. The SMILES string of the molecule is Cc1cc(C(O)(C(C)c2ccc(Oc3ccc(C(=O)O)c(Cl)c3)cc2Cl)C(F)(F)F)cn(C)c1=O. The van der Waals surface area contributed by atoms with Crippen molar-refractivity contribution in [2.24, 2.45) is 7.05 Å². The molecule has 186 valence electrons. The van der Waals surface area contributed by atoms with E-state index in [1.807, 2.05) is 0 Å². The molecule has 6 nitrogen and oxygen atoms in total. The second-order valence-corrected chi connectivity index (χ2v) is 8.86. The Morgan fingerprint density at radius 3 is 2.11 bits per heavy atom. The summed E-state index contributed by atoms with van der Waals surface area (Å²) in [5, 5.41) is 19.9. The van der Waals surface area contributed by atoms with E-state index in [-0.39, 0.29) is 38.2 Å². The fourth-order valence-electron chi connectivity index (χ4n) is 3.76. The third-order valence-corrected chi connectivity index (χ3v) is 6.35. The number of alkyl halides is 3. The number of carboxylic acids is 1. The molecule has 2 aromatic carbocycles. The molecule has 3 rings (SSSR count). The molecule has 0 saturated heterocycles. The van der Waals surface area contributed by atoms with Gasteiger partial charge in [0.15, 0.2) is 5.60 Å². The summed E-state index contributed by atoms with van der Waals surface area (Å²) in [6.45, 7) is 2.54. The van der Waals surface area contributed by atoms with Crippen molar-refractivity contribution in [1.82, 2.24) is 4.57 Å². The molecular weight excluding hydrogens is 510 g/mol. The van der Waals surface area contributed by atoms with Crippen LogP contribution in [0.25, 0.3) is 0 Å². The van der Waals surface area contributed by atoms with Gasteiger partial charge in [0.05, 0.1) is 10.6 Å². The maximum Gasteiger partial charge on any atom is 0.422 e.